The minimum absolute atomic E-state index is 0.0535. The van der Waals surface area contributed by atoms with Crippen molar-refractivity contribution in [1.82, 2.24) is 15.2 Å². The predicted octanol–water partition coefficient (Wildman–Crippen LogP) is 7.73. The number of hydrogen-bond acceptors (Lipinski definition) is 8. The average molecular weight is 661 g/mol. The number of ether oxygens (including phenoxy) is 2. The van der Waals surface area contributed by atoms with Crippen molar-refractivity contribution in [1.29, 1.82) is 0 Å². The Morgan fingerprint density at radius 2 is 1.71 bits per heavy atom. The van der Waals surface area contributed by atoms with Crippen LogP contribution in [0.2, 0.25) is 0 Å². The van der Waals surface area contributed by atoms with E-state index in [1.54, 1.807) is 18.2 Å². The van der Waals surface area contributed by atoms with Crippen LogP contribution in [0.15, 0.2) is 71.2 Å². The van der Waals surface area contributed by atoms with Crippen molar-refractivity contribution < 1.29 is 49.2 Å². The maximum atomic E-state index is 14.7. The van der Waals surface area contributed by atoms with Crippen LogP contribution in [0, 0.1) is 0 Å². The molecular formula is C29H30F6N4O5S. The number of carbonyl (C=O) groups excluding carboxylic acids is 1. The van der Waals surface area contributed by atoms with Gasteiger partial charge in [0.2, 0.25) is 5.60 Å². The third-order valence-electron chi connectivity index (χ3n) is 5.84. The molecule has 2 atom stereocenters. The average Bonchev–Trinajstić information content (AvgIpc) is 3.42. The first-order valence-corrected chi connectivity index (χ1v) is 14.5. The maximum absolute atomic E-state index is 14.7. The van der Waals surface area contributed by atoms with E-state index >= 15 is 0 Å². The van der Waals surface area contributed by atoms with Crippen LogP contribution in [0.5, 0.6) is 0 Å². The highest BCUT2D eigenvalue weighted by Crippen LogP contribution is 2.46. The van der Waals surface area contributed by atoms with Crippen molar-refractivity contribution >= 4 is 22.6 Å². The molecule has 2 unspecified atom stereocenters. The molecule has 244 valence electrons. The summed E-state index contributed by atoms with van der Waals surface area (Å²) in [6.45, 7) is 10.8. The molecule has 1 amide bonds. The molecule has 1 N–H and O–H groups in total. The molecule has 0 aliphatic rings. The van der Waals surface area contributed by atoms with Gasteiger partial charge in [-0.3, -0.25) is 9.53 Å². The fourth-order valence-corrected chi connectivity index (χ4v) is 5.01. The van der Waals surface area contributed by atoms with Crippen LogP contribution in [-0.2, 0) is 38.7 Å². The van der Waals surface area contributed by atoms with Crippen LogP contribution < -0.4 is 5.32 Å². The first-order chi connectivity index (χ1) is 20.9. The number of anilines is 1. The molecule has 0 aliphatic carbocycles. The lowest BCUT2D eigenvalue weighted by Gasteiger charge is -2.31. The van der Waals surface area contributed by atoms with Crippen molar-refractivity contribution in [3.05, 3.63) is 78.7 Å². The van der Waals surface area contributed by atoms with E-state index in [1.165, 1.54) is 39.0 Å². The van der Waals surface area contributed by atoms with Gasteiger partial charge in [-0.25, -0.2) is 9.78 Å². The van der Waals surface area contributed by atoms with E-state index < -0.39 is 87.2 Å². The Bertz CT molecular complexity index is 1540. The van der Waals surface area contributed by atoms with Gasteiger partial charge in [0.1, 0.15) is 10.6 Å². The second kappa shape index (κ2) is 13.9. The summed E-state index contributed by atoms with van der Waals surface area (Å²) in [6.07, 6.45) is -10.0. The summed E-state index contributed by atoms with van der Waals surface area (Å²) in [7, 11) is -2.37. The number of aromatic nitrogens is 3. The van der Waals surface area contributed by atoms with Gasteiger partial charge in [-0.05, 0) is 38.8 Å². The Balaban J connectivity index is 2.23. The predicted molar refractivity (Wildman–Crippen MR) is 152 cm³/mol. The second-order valence-corrected chi connectivity index (χ2v) is 12.0. The summed E-state index contributed by atoms with van der Waals surface area (Å²) >= 11 is 0. The number of allylic oxidation sites excluding steroid dienone is 1. The van der Waals surface area contributed by atoms with Crippen LogP contribution in [0.1, 0.15) is 50.6 Å². The zero-order valence-electron chi connectivity index (χ0n) is 24.4. The molecular weight excluding hydrogens is 630 g/mol. The SMILES string of the molecule is C=CCCS(=O)c1nc(-c2nnc(C(CC=C)(OCc3ccccc3)C(F)(F)F)o2)c(NC(=O)OC(C)(C)C)cc1C(F)(F)F. The lowest BCUT2D eigenvalue weighted by atomic mass is 9.98. The molecule has 0 radical (unpaired) electrons. The van der Waals surface area contributed by atoms with Crippen molar-refractivity contribution in [2.45, 2.75) is 68.8 Å². The van der Waals surface area contributed by atoms with Gasteiger partial charge in [-0.1, -0.05) is 42.5 Å². The number of amides is 1. The summed E-state index contributed by atoms with van der Waals surface area (Å²) in [6, 6.07) is 8.33. The van der Waals surface area contributed by atoms with Gasteiger partial charge in [0.25, 0.3) is 11.8 Å². The molecule has 1 aromatic carbocycles. The Kier molecular flexibility index (Phi) is 11.0. The van der Waals surface area contributed by atoms with Crippen LogP contribution >= 0.6 is 0 Å². The highest BCUT2D eigenvalue weighted by molar-refractivity contribution is 7.85. The summed E-state index contributed by atoms with van der Waals surface area (Å²) in [5.74, 6) is -2.25. The number of rotatable bonds is 12. The Hall–Kier alpha value is -4.05. The normalized spacial score (nSPS) is 14.3. The standard InChI is InChI=1S/C29H30F6N4O5S/c1-6-8-15-45(41)23-19(28(30,31)32)16-20(36-25(40)44-26(3,4)5)21(37-23)22-38-39-24(43-22)27(14-7-2,29(33,34)35)42-17-18-12-10-9-11-13-18/h6-7,9-13,16H,1-2,8,14-15,17H2,3-5H3,(H,36,40). The zero-order chi connectivity index (χ0) is 33.6. The molecule has 0 fully saturated rings. The van der Waals surface area contributed by atoms with Gasteiger partial charge in [0, 0.05) is 12.2 Å². The number of hydrogen-bond donors (Lipinski definition) is 1. The lowest BCUT2D eigenvalue weighted by Crippen LogP contribution is -2.45. The molecule has 0 saturated heterocycles. The van der Waals surface area contributed by atoms with Gasteiger partial charge in [0.15, 0.2) is 5.69 Å². The topological polar surface area (TPSA) is 116 Å². The number of halogens is 6. The summed E-state index contributed by atoms with van der Waals surface area (Å²) in [5, 5.41) is 8.28. The van der Waals surface area contributed by atoms with Crippen molar-refractivity contribution in [2.75, 3.05) is 11.1 Å². The molecule has 0 saturated carbocycles. The Morgan fingerprint density at radius 1 is 1.04 bits per heavy atom. The van der Waals surface area contributed by atoms with Gasteiger partial charge >= 0.3 is 18.4 Å². The molecule has 9 nitrogen and oxygen atoms in total. The third kappa shape index (κ3) is 8.78. The number of nitrogens with one attached hydrogen (secondary N) is 1. The Morgan fingerprint density at radius 3 is 2.27 bits per heavy atom. The van der Waals surface area contributed by atoms with Crippen molar-refractivity contribution in [2.24, 2.45) is 0 Å². The fraction of sp³-hybridized carbons (Fsp3) is 0.379. The van der Waals surface area contributed by atoms with Gasteiger partial charge in [-0.2, -0.15) is 26.3 Å². The lowest BCUT2D eigenvalue weighted by molar-refractivity contribution is -0.295. The summed E-state index contributed by atoms with van der Waals surface area (Å²) < 4.78 is 115. The molecule has 0 bridgehead atoms. The number of alkyl halides is 6. The van der Waals surface area contributed by atoms with E-state index in [4.69, 9.17) is 13.9 Å². The summed E-state index contributed by atoms with van der Waals surface area (Å²) in [5.41, 5.74) is -6.79. The Labute approximate surface area is 257 Å². The van der Waals surface area contributed by atoms with Crippen LogP contribution in [0.25, 0.3) is 11.6 Å². The minimum atomic E-state index is -5.15. The minimum Gasteiger partial charge on any atom is -0.444 e. The van der Waals surface area contributed by atoms with E-state index in [0.717, 1.165) is 6.08 Å². The summed E-state index contributed by atoms with van der Waals surface area (Å²) in [4.78, 5) is 16.4. The van der Waals surface area contributed by atoms with E-state index in [9.17, 15) is 35.3 Å². The van der Waals surface area contributed by atoms with Crippen molar-refractivity contribution in [3.63, 3.8) is 0 Å². The molecule has 3 rings (SSSR count). The molecule has 45 heavy (non-hydrogen) atoms. The van der Waals surface area contributed by atoms with Gasteiger partial charge in [0.05, 0.1) is 28.7 Å². The number of benzene rings is 1. The molecule has 3 aromatic rings. The highest BCUT2D eigenvalue weighted by atomic mass is 32.2. The number of carbonyl (C=O) groups is 1. The van der Waals surface area contributed by atoms with Gasteiger partial charge < -0.3 is 13.9 Å². The van der Waals surface area contributed by atoms with E-state index in [-0.39, 0.29) is 12.2 Å². The quantitative estimate of drug-likeness (QED) is 0.155. The number of nitrogens with zero attached hydrogens (tertiary/aromatic N) is 3. The molecule has 0 aliphatic heterocycles. The third-order valence-corrected chi connectivity index (χ3v) is 7.19. The second-order valence-electron chi connectivity index (χ2n) is 10.5. The van der Waals surface area contributed by atoms with Crippen LogP contribution in [-0.4, -0.2) is 43.0 Å². The first-order valence-electron chi connectivity index (χ1n) is 13.2. The van der Waals surface area contributed by atoms with E-state index in [1.807, 2.05) is 0 Å². The molecule has 2 aromatic heterocycles. The van der Waals surface area contributed by atoms with E-state index in [2.05, 4.69) is 33.7 Å². The monoisotopic (exact) mass is 660 g/mol. The van der Waals surface area contributed by atoms with Crippen LogP contribution in [0.3, 0.4) is 0 Å². The number of pyridine rings is 1. The molecule has 2 heterocycles. The largest absolute Gasteiger partial charge is 0.444 e. The molecule has 16 heteroatoms. The van der Waals surface area contributed by atoms with Crippen molar-refractivity contribution in [3.8, 4) is 11.6 Å². The van der Waals surface area contributed by atoms with Gasteiger partial charge in [-0.15, -0.1) is 23.4 Å². The molecule has 0 spiro atoms. The maximum Gasteiger partial charge on any atom is 0.426 e. The first kappa shape index (κ1) is 35.4. The fourth-order valence-electron chi connectivity index (χ4n) is 3.82. The van der Waals surface area contributed by atoms with Crippen LogP contribution in [0.4, 0.5) is 36.8 Å². The highest BCUT2D eigenvalue weighted by Gasteiger charge is 2.61. The smallest absolute Gasteiger partial charge is 0.426 e. The van der Waals surface area contributed by atoms with E-state index in [0.29, 0.717) is 11.6 Å². The zero-order valence-corrected chi connectivity index (χ0v) is 25.2.